The van der Waals surface area contributed by atoms with Gasteiger partial charge in [0.2, 0.25) is 0 Å². The zero-order valence-corrected chi connectivity index (χ0v) is 13.5. The maximum atomic E-state index is 13.2. The quantitative estimate of drug-likeness (QED) is 0.907. The van der Waals surface area contributed by atoms with Crippen LogP contribution in [0.25, 0.3) is 0 Å². The Labute approximate surface area is 139 Å². The van der Waals surface area contributed by atoms with Crippen LogP contribution in [-0.4, -0.2) is 38.7 Å². The van der Waals surface area contributed by atoms with Gasteiger partial charge in [-0.1, -0.05) is 6.07 Å². The van der Waals surface area contributed by atoms with Gasteiger partial charge in [-0.05, 0) is 37.0 Å². The largest absolute Gasteiger partial charge is 0.385 e. The molecule has 0 saturated carbocycles. The third-order valence-electron chi connectivity index (χ3n) is 4.47. The number of aliphatic hydroxyl groups is 1. The van der Waals surface area contributed by atoms with Gasteiger partial charge >= 0.3 is 6.03 Å². The zero-order valence-electron chi connectivity index (χ0n) is 13.5. The lowest BCUT2D eigenvalue weighted by molar-refractivity contribution is 0.0600. The van der Waals surface area contributed by atoms with E-state index in [1.807, 2.05) is 11.6 Å². The molecule has 1 aliphatic rings. The van der Waals surface area contributed by atoms with Crippen molar-refractivity contribution in [1.82, 2.24) is 14.5 Å². The highest BCUT2D eigenvalue weighted by molar-refractivity contribution is 5.89. The Bertz CT molecular complexity index is 710. The minimum absolute atomic E-state index is 0.0734. The van der Waals surface area contributed by atoms with E-state index in [0.717, 1.165) is 0 Å². The maximum Gasteiger partial charge on any atom is 0.321 e. The van der Waals surface area contributed by atoms with Crippen LogP contribution in [0.5, 0.6) is 0 Å². The van der Waals surface area contributed by atoms with Crippen LogP contribution in [0.15, 0.2) is 36.7 Å². The number of urea groups is 1. The first kappa shape index (κ1) is 16.4. The number of carbonyl (C=O) groups excluding carboxylic acids is 1. The molecule has 0 bridgehead atoms. The molecule has 2 heterocycles. The standard InChI is InChI=1S/C17H21FN4O2/c1-21-10-7-19-16(21)15(23)12-5-8-22(9-6-12)17(24)20-14-4-2-3-13(18)11-14/h2-4,7,10-12,15,23H,5-6,8-9H2,1H3,(H,20,24). The summed E-state index contributed by atoms with van der Waals surface area (Å²) in [5.41, 5.74) is 0.440. The lowest BCUT2D eigenvalue weighted by atomic mass is 9.91. The molecule has 3 rings (SSSR count). The lowest BCUT2D eigenvalue weighted by Gasteiger charge is -2.34. The van der Waals surface area contributed by atoms with E-state index in [4.69, 9.17) is 0 Å². The van der Waals surface area contributed by atoms with Crippen molar-refractivity contribution >= 4 is 11.7 Å². The number of carbonyl (C=O) groups is 1. The van der Waals surface area contributed by atoms with Crippen molar-refractivity contribution in [1.29, 1.82) is 0 Å². The lowest BCUT2D eigenvalue weighted by Crippen LogP contribution is -2.42. The molecule has 2 N–H and O–H groups in total. The summed E-state index contributed by atoms with van der Waals surface area (Å²) in [4.78, 5) is 18.1. The third-order valence-corrected chi connectivity index (χ3v) is 4.47. The van der Waals surface area contributed by atoms with E-state index in [9.17, 15) is 14.3 Å². The number of halogens is 1. The van der Waals surface area contributed by atoms with Gasteiger partial charge in [0.1, 0.15) is 17.7 Å². The summed E-state index contributed by atoms with van der Waals surface area (Å²) in [6.07, 6.45) is 4.24. The molecular weight excluding hydrogens is 311 g/mol. The molecule has 1 aromatic carbocycles. The second-order valence-corrected chi connectivity index (χ2v) is 6.11. The number of nitrogens with one attached hydrogen (secondary N) is 1. The SMILES string of the molecule is Cn1ccnc1C(O)C1CCN(C(=O)Nc2cccc(F)c2)CC1. The summed E-state index contributed by atoms with van der Waals surface area (Å²) in [6.45, 7) is 1.10. The number of piperidine rings is 1. The van der Waals surface area contributed by atoms with Gasteiger partial charge in [-0.2, -0.15) is 0 Å². The second kappa shape index (κ2) is 7.00. The number of aromatic nitrogens is 2. The number of likely N-dealkylation sites (tertiary alicyclic amines) is 1. The van der Waals surface area contributed by atoms with Crippen LogP contribution in [-0.2, 0) is 7.05 Å². The fourth-order valence-electron chi connectivity index (χ4n) is 3.06. The fourth-order valence-corrected chi connectivity index (χ4v) is 3.06. The predicted molar refractivity (Wildman–Crippen MR) is 87.9 cm³/mol. The number of benzene rings is 1. The Morgan fingerprint density at radius 1 is 1.42 bits per heavy atom. The van der Waals surface area contributed by atoms with Gasteiger partial charge in [0, 0.05) is 38.2 Å². The highest BCUT2D eigenvalue weighted by atomic mass is 19.1. The normalized spacial score (nSPS) is 16.9. The molecule has 7 heteroatoms. The summed E-state index contributed by atoms with van der Waals surface area (Å²) < 4.78 is 15.0. The number of imidazole rings is 1. The van der Waals surface area contributed by atoms with Gasteiger partial charge < -0.3 is 19.9 Å². The van der Waals surface area contributed by atoms with Crippen molar-refractivity contribution in [3.05, 3.63) is 48.3 Å². The maximum absolute atomic E-state index is 13.2. The number of nitrogens with zero attached hydrogens (tertiary/aromatic N) is 3. The summed E-state index contributed by atoms with van der Waals surface area (Å²) >= 11 is 0. The number of anilines is 1. The Morgan fingerprint density at radius 3 is 2.79 bits per heavy atom. The molecule has 1 aliphatic heterocycles. The zero-order chi connectivity index (χ0) is 17.1. The van der Waals surface area contributed by atoms with Crippen molar-refractivity contribution in [3.63, 3.8) is 0 Å². The average Bonchev–Trinajstić information content (AvgIpc) is 3.00. The van der Waals surface area contributed by atoms with E-state index in [1.54, 1.807) is 29.4 Å². The molecule has 2 amide bonds. The van der Waals surface area contributed by atoms with Crippen molar-refractivity contribution in [2.45, 2.75) is 18.9 Å². The number of rotatable bonds is 3. The van der Waals surface area contributed by atoms with Crippen LogP contribution in [0.4, 0.5) is 14.9 Å². The van der Waals surface area contributed by atoms with Gasteiger partial charge in [-0.25, -0.2) is 14.2 Å². The van der Waals surface area contributed by atoms with Crippen molar-refractivity contribution in [2.75, 3.05) is 18.4 Å². The molecule has 1 saturated heterocycles. The minimum Gasteiger partial charge on any atom is -0.385 e. The fraction of sp³-hybridized carbons (Fsp3) is 0.412. The summed E-state index contributed by atoms with van der Waals surface area (Å²) in [6, 6.07) is 5.58. The van der Waals surface area contributed by atoms with E-state index in [2.05, 4.69) is 10.3 Å². The number of aryl methyl sites for hydroxylation is 1. The minimum atomic E-state index is -0.626. The van der Waals surface area contributed by atoms with Crippen LogP contribution in [0.3, 0.4) is 0 Å². The van der Waals surface area contributed by atoms with Gasteiger partial charge in [0.15, 0.2) is 0 Å². The number of hydrogen-bond donors (Lipinski definition) is 2. The number of hydrogen-bond acceptors (Lipinski definition) is 3. The van der Waals surface area contributed by atoms with Crippen LogP contribution in [0.2, 0.25) is 0 Å². The molecule has 1 atom stereocenters. The van der Waals surface area contributed by atoms with Crippen LogP contribution >= 0.6 is 0 Å². The molecule has 1 unspecified atom stereocenters. The first-order valence-electron chi connectivity index (χ1n) is 8.01. The van der Waals surface area contributed by atoms with Gasteiger partial charge in [-0.3, -0.25) is 0 Å². The Kier molecular flexibility index (Phi) is 4.80. The Morgan fingerprint density at radius 2 is 2.17 bits per heavy atom. The second-order valence-electron chi connectivity index (χ2n) is 6.11. The molecule has 128 valence electrons. The smallest absolute Gasteiger partial charge is 0.321 e. The first-order valence-corrected chi connectivity index (χ1v) is 8.01. The first-order chi connectivity index (χ1) is 11.5. The van der Waals surface area contributed by atoms with E-state index in [0.29, 0.717) is 37.4 Å². The number of aliphatic hydroxyl groups excluding tert-OH is 1. The van der Waals surface area contributed by atoms with Gasteiger partial charge in [0.25, 0.3) is 0 Å². The molecule has 1 fully saturated rings. The molecule has 0 aliphatic carbocycles. The van der Waals surface area contributed by atoms with Crippen molar-refractivity contribution in [3.8, 4) is 0 Å². The number of amides is 2. The molecular formula is C17H21FN4O2. The highest BCUT2D eigenvalue weighted by Gasteiger charge is 2.30. The van der Waals surface area contributed by atoms with Crippen molar-refractivity contribution in [2.24, 2.45) is 13.0 Å². The Balaban J connectivity index is 1.55. The van der Waals surface area contributed by atoms with Gasteiger partial charge in [-0.15, -0.1) is 0 Å². The predicted octanol–water partition coefficient (Wildman–Crippen LogP) is 2.54. The van der Waals surface area contributed by atoms with Crippen LogP contribution < -0.4 is 5.32 Å². The monoisotopic (exact) mass is 332 g/mol. The summed E-state index contributed by atoms with van der Waals surface area (Å²) in [5, 5.41) is 13.2. The Hall–Kier alpha value is -2.41. The molecule has 0 spiro atoms. The average molecular weight is 332 g/mol. The molecule has 1 aromatic heterocycles. The molecule has 2 aromatic rings. The van der Waals surface area contributed by atoms with E-state index in [1.165, 1.54) is 12.1 Å². The van der Waals surface area contributed by atoms with Crippen molar-refractivity contribution < 1.29 is 14.3 Å². The molecule has 0 radical (unpaired) electrons. The van der Waals surface area contributed by atoms with E-state index < -0.39 is 6.10 Å². The third kappa shape index (κ3) is 3.56. The van der Waals surface area contributed by atoms with E-state index >= 15 is 0 Å². The highest BCUT2D eigenvalue weighted by Crippen LogP contribution is 2.29. The van der Waals surface area contributed by atoms with Crippen LogP contribution in [0.1, 0.15) is 24.8 Å². The van der Waals surface area contributed by atoms with Gasteiger partial charge in [0.05, 0.1) is 0 Å². The topological polar surface area (TPSA) is 70.4 Å². The summed E-state index contributed by atoms with van der Waals surface area (Å²) in [5.74, 6) is 0.340. The molecule has 6 nitrogen and oxygen atoms in total. The van der Waals surface area contributed by atoms with E-state index in [-0.39, 0.29) is 17.8 Å². The molecule has 24 heavy (non-hydrogen) atoms. The summed E-state index contributed by atoms with van der Waals surface area (Å²) in [7, 11) is 1.85. The van der Waals surface area contributed by atoms with Crippen LogP contribution in [0, 0.1) is 11.7 Å².